The number of amides is 1. The van der Waals surface area contributed by atoms with E-state index in [2.05, 4.69) is 20.9 Å². The molecule has 0 aliphatic heterocycles. The lowest BCUT2D eigenvalue weighted by Gasteiger charge is -2.11. The second kappa shape index (κ2) is 9.74. The van der Waals surface area contributed by atoms with Crippen LogP contribution >= 0.6 is 0 Å². The molecule has 21 heavy (non-hydrogen) atoms. The average Bonchev–Trinajstić information content (AvgIpc) is 2.43. The topological polar surface area (TPSA) is 65.5 Å². The summed E-state index contributed by atoms with van der Waals surface area (Å²) in [5, 5.41) is 8.95. The Balaban J connectivity index is 2.38. The minimum atomic E-state index is -0.225. The fourth-order valence-corrected chi connectivity index (χ4v) is 1.75. The van der Waals surface area contributed by atoms with E-state index < -0.39 is 0 Å². The minimum absolute atomic E-state index is 0.0511. The van der Waals surface area contributed by atoms with Crippen molar-refractivity contribution < 1.29 is 9.18 Å². The molecule has 0 atom stereocenters. The first-order valence-corrected chi connectivity index (χ1v) is 7.13. The number of guanidine groups is 1. The SMILES string of the molecule is CCNC(=NCCc1cccc(F)c1)NCCNC(C)=O. The van der Waals surface area contributed by atoms with Gasteiger partial charge in [-0.3, -0.25) is 9.79 Å². The van der Waals surface area contributed by atoms with Crippen molar-refractivity contribution >= 4 is 11.9 Å². The predicted molar refractivity (Wildman–Crippen MR) is 82.8 cm³/mol. The molecule has 0 spiro atoms. The molecule has 1 rings (SSSR count). The number of carbonyl (C=O) groups excluding carboxylic acids is 1. The Labute approximate surface area is 125 Å². The Morgan fingerprint density at radius 1 is 1.24 bits per heavy atom. The van der Waals surface area contributed by atoms with Crippen LogP contribution < -0.4 is 16.0 Å². The van der Waals surface area contributed by atoms with E-state index in [4.69, 9.17) is 0 Å². The van der Waals surface area contributed by atoms with Crippen LogP contribution in [-0.2, 0) is 11.2 Å². The number of halogens is 1. The highest BCUT2D eigenvalue weighted by atomic mass is 19.1. The maximum absolute atomic E-state index is 13.0. The van der Waals surface area contributed by atoms with E-state index in [0.29, 0.717) is 32.0 Å². The van der Waals surface area contributed by atoms with Crippen molar-refractivity contribution in [1.29, 1.82) is 0 Å². The molecule has 116 valence electrons. The van der Waals surface area contributed by atoms with Crippen LogP contribution in [-0.4, -0.2) is 38.0 Å². The van der Waals surface area contributed by atoms with Crippen LogP contribution in [0, 0.1) is 5.82 Å². The van der Waals surface area contributed by atoms with Gasteiger partial charge in [-0.15, -0.1) is 0 Å². The van der Waals surface area contributed by atoms with Crippen molar-refractivity contribution in [1.82, 2.24) is 16.0 Å². The highest BCUT2D eigenvalue weighted by molar-refractivity contribution is 5.79. The molecule has 0 heterocycles. The van der Waals surface area contributed by atoms with E-state index in [0.717, 1.165) is 12.1 Å². The number of aliphatic imine (C=N–C) groups is 1. The second-order valence-electron chi connectivity index (χ2n) is 4.55. The van der Waals surface area contributed by atoms with E-state index >= 15 is 0 Å². The highest BCUT2D eigenvalue weighted by Crippen LogP contribution is 2.04. The summed E-state index contributed by atoms with van der Waals surface area (Å²) in [7, 11) is 0. The van der Waals surface area contributed by atoms with Gasteiger partial charge < -0.3 is 16.0 Å². The third kappa shape index (κ3) is 7.91. The van der Waals surface area contributed by atoms with Gasteiger partial charge in [0, 0.05) is 33.1 Å². The predicted octanol–water partition coefficient (Wildman–Crippen LogP) is 1.06. The lowest BCUT2D eigenvalue weighted by molar-refractivity contribution is -0.118. The molecular weight excluding hydrogens is 271 g/mol. The van der Waals surface area contributed by atoms with Crippen LogP contribution in [0.1, 0.15) is 19.4 Å². The van der Waals surface area contributed by atoms with Crippen LogP contribution in [0.25, 0.3) is 0 Å². The number of hydrogen-bond acceptors (Lipinski definition) is 2. The third-order valence-electron chi connectivity index (χ3n) is 2.70. The smallest absolute Gasteiger partial charge is 0.216 e. The molecule has 1 aromatic carbocycles. The summed E-state index contributed by atoms with van der Waals surface area (Å²) in [5.41, 5.74) is 0.924. The molecule has 1 amide bonds. The summed E-state index contributed by atoms with van der Waals surface area (Å²) in [6, 6.07) is 6.54. The quantitative estimate of drug-likeness (QED) is 0.400. The van der Waals surface area contributed by atoms with Crippen LogP contribution in [0.2, 0.25) is 0 Å². The Hall–Kier alpha value is -2.11. The third-order valence-corrected chi connectivity index (χ3v) is 2.70. The zero-order valence-electron chi connectivity index (χ0n) is 12.6. The van der Waals surface area contributed by atoms with Crippen LogP contribution in [0.3, 0.4) is 0 Å². The van der Waals surface area contributed by atoms with Crippen molar-refractivity contribution in [3.8, 4) is 0 Å². The number of nitrogens with one attached hydrogen (secondary N) is 3. The Morgan fingerprint density at radius 3 is 2.67 bits per heavy atom. The van der Waals surface area contributed by atoms with Crippen molar-refractivity contribution in [3.05, 3.63) is 35.6 Å². The van der Waals surface area contributed by atoms with Crippen molar-refractivity contribution in [2.24, 2.45) is 4.99 Å². The van der Waals surface area contributed by atoms with Gasteiger partial charge in [-0.25, -0.2) is 4.39 Å². The van der Waals surface area contributed by atoms with Crippen molar-refractivity contribution in [3.63, 3.8) is 0 Å². The standard InChI is InChI=1S/C15H23FN4O/c1-3-17-15(20-10-9-18-12(2)21)19-8-7-13-5-4-6-14(16)11-13/h4-6,11H,3,7-10H2,1-2H3,(H,18,21)(H2,17,19,20). The van der Waals surface area contributed by atoms with E-state index in [1.807, 2.05) is 13.0 Å². The molecule has 0 unspecified atom stereocenters. The number of carbonyl (C=O) groups is 1. The molecule has 0 aliphatic carbocycles. The zero-order chi connectivity index (χ0) is 15.5. The summed E-state index contributed by atoms with van der Waals surface area (Å²) in [6.45, 7) is 5.94. The monoisotopic (exact) mass is 294 g/mol. The maximum Gasteiger partial charge on any atom is 0.216 e. The number of benzene rings is 1. The summed E-state index contributed by atoms with van der Waals surface area (Å²) in [4.78, 5) is 15.2. The van der Waals surface area contributed by atoms with Crippen LogP contribution in [0.15, 0.2) is 29.3 Å². The van der Waals surface area contributed by atoms with Gasteiger partial charge in [0.25, 0.3) is 0 Å². The fraction of sp³-hybridized carbons (Fsp3) is 0.467. The maximum atomic E-state index is 13.0. The van der Waals surface area contributed by atoms with Gasteiger partial charge in [0.05, 0.1) is 0 Å². The molecule has 5 nitrogen and oxygen atoms in total. The van der Waals surface area contributed by atoms with Gasteiger partial charge in [0.15, 0.2) is 5.96 Å². The number of rotatable bonds is 7. The van der Waals surface area contributed by atoms with Crippen molar-refractivity contribution in [2.45, 2.75) is 20.3 Å². The average molecular weight is 294 g/mol. The summed E-state index contributed by atoms with van der Waals surface area (Å²) in [5.74, 6) is 0.418. The van der Waals surface area contributed by atoms with E-state index in [1.165, 1.54) is 19.1 Å². The Kier molecular flexibility index (Phi) is 7.86. The van der Waals surface area contributed by atoms with E-state index in [-0.39, 0.29) is 11.7 Å². The highest BCUT2D eigenvalue weighted by Gasteiger charge is 1.98. The minimum Gasteiger partial charge on any atom is -0.357 e. The fourth-order valence-electron chi connectivity index (χ4n) is 1.75. The summed E-state index contributed by atoms with van der Waals surface area (Å²) < 4.78 is 13.0. The Morgan fingerprint density at radius 2 is 2.00 bits per heavy atom. The van der Waals surface area contributed by atoms with Gasteiger partial charge >= 0.3 is 0 Å². The first-order chi connectivity index (χ1) is 10.1. The van der Waals surface area contributed by atoms with E-state index in [9.17, 15) is 9.18 Å². The van der Waals surface area contributed by atoms with Gasteiger partial charge in [-0.1, -0.05) is 12.1 Å². The normalized spacial score (nSPS) is 11.1. The van der Waals surface area contributed by atoms with E-state index in [1.54, 1.807) is 6.07 Å². The molecule has 0 radical (unpaired) electrons. The molecule has 0 bridgehead atoms. The lowest BCUT2D eigenvalue weighted by Crippen LogP contribution is -2.41. The first kappa shape index (κ1) is 16.9. The zero-order valence-corrected chi connectivity index (χ0v) is 12.6. The molecule has 1 aromatic rings. The molecule has 0 saturated heterocycles. The molecule has 0 saturated carbocycles. The number of nitrogens with zero attached hydrogens (tertiary/aromatic N) is 1. The molecule has 0 aliphatic rings. The van der Waals surface area contributed by atoms with Gasteiger partial charge in [-0.2, -0.15) is 0 Å². The van der Waals surface area contributed by atoms with Gasteiger partial charge in [-0.05, 0) is 31.0 Å². The van der Waals surface area contributed by atoms with Crippen molar-refractivity contribution in [2.75, 3.05) is 26.2 Å². The molecule has 0 aromatic heterocycles. The van der Waals surface area contributed by atoms with Crippen LogP contribution in [0.5, 0.6) is 0 Å². The molecule has 3 N–H and O–H groups in total. The Bertz CT molecular complexity index is 476. The second-order valence-corrected chi connectivity index (χ2v) is 4.55. The van der Waals surface area contributed by atoms with Crippen LogP contribution in [0.4, 0.5) is 4.39 Å². The molecule has 6 heteroatoms. The first-order valence-electron chi connectivity index (χ1n) is 7.13. The largest absolute Gasteiger partial charge is 0.357 e. The van der Waals surface area contributed by atoms with Gasteiger partial charge in [0.2, 0.25) is 5.91 Å². The molecule has 0 fully saturated rings. The van der Waals surface area contributed by atoms with Gasteiger partial charge in [0.1, 0.15) is 5.82 Å². The molecular formula is C15H23FN4O. The summed E-state index contributed by atoms with van der Waals surface area (Å²) in [6.07, 6.45) is 0.681. The summed E-state index contributed by atoms with van der Waals surface area (Å²) >= 11 is 0. The lowest BCUT2D eigenvalue weighted by atomic mass is 10.1. The number of hydrogen-bond donors (Lipinski definition) is 3.